The van der Waals surface area contributed by atoms with Crippen LogP contribution in [0, 0.1) is 5.92 Å². The van der Waals surface area contributed by atoms with E-state index in [9.17, 15) is 0 Å². The Labute approximate surface area is 127 Å². The molecule has 21 heavy (non-hydrogen) atoms. The number of hydrogen-bond donors (Lipinski definition) is 0. The second-order valence-corrected chi connectivity index (χ2v) is 6.22. The molecule has 0 bridgehead atoms. The maximum Gasteiger partial charge on any atom is 0.139 e. The van der Waals surface area contributed by atoms with Crippen molar-refractivity contribution in [2.24, 2.45) is 5.92 Å². The van der Waals surface area contributed by atoms with E-state index in [1.54, 1.807) is 0 Å². The molecule has 0 spiro atoms. The van der Waals surface area contributed by atoms with Crippen LogP contribution >= 0.6 is 0 Å². The highest BCUT2D eigenvalue weighted by Gasteiger charge is 2.18. The largest absolute Gasteiger partial charge is 0.331 e. The fraction of sp³-hybridized carbons (Fsp3) is 0.500. The Kier molecular flexibility index (Phi) is 4.39. The smallest absolute Gasteiger partial charge is 0.139 e. The van der Waals surface area contributed by atoms with Crippen LogP contribution in [0.2, 0.25) is 0 Å². The van der Waals surface area contributed by atoms with Gasteiger partial charge in [0.25, 0.3) is 0 Å². The number of aryl methyl sites for hydroxylation is 1. The summed E-state index contributed by atoms with van der Waals surface area (Å²) in [6.07, 6.45) is 7.78. The van der Waals surface area contributed by atoms with Gasteiger partial charge >= 0.3 is 0 Å². The molecule has 1 fully saturated rings. The molecular weight excluding hydrogens is 258 g/mol. The van der Waals surface area contributed by atoms with Crippen LogP contribution < -0.4 is 0 Å². The molecule has 112 valence electrons. The second kappa shape index (κ2) is 6.44. The maximum atomic E-state index is 4.58. The fourth-order valence-electron chi connectivity index (χ4n) is 3.31. The van der Waals surface area contributed by atoms with Gasteiger partial charge in [-0.1, -0.05) is 31.2 Å². The summed E-state index contributed by atoms with van der Waals surface area (Å²) >= 11 is 0. The molecule has 0 saturated carbocycles. The molecule has 0 radical (unpaired) electrons. The van der Waals surface area contributed by atoms with Crippen molar-refractivity contribution in [1.82, 2.24) is 14.5 Å². The first-order valence-corrected chi connectivity index (χ1v) is 8.05. The predicted molar refractivity (Wildman–Crippen MR) is 87.3 cm³/mol. The lowest BCUT2D eigenvalue weighted by Crippen LogP contribution is -2.34. The number of likely N-dealkylation sites (tertiary alicyclic amines) is 1. The summed E-state index contributed by atoms with van der Waals surface area (Å²) in [6, 6.07) is 8.82. The Balaban J connectivity index is 1.76. The second-order valence-electron chi connectivity index (χ2n) is 6.22. The highest BCUT2D eigenvalue weighted by Crippen LogP contribution is 2.22. The minimum absolute atomic E-state index is 0.742. The standard InChI is InChI=1S/C18H25N3/c1-3-15-6-8-17(9-7-15)18-19-10-12-21(18)14-16-5-4-11-20(2)13-16/h6-10,12,16H,3-5,11,13-14H2,1-2H3/t16-/m1/s1. The van der Waals surface area contributed by atoms with Crippen LogP contribution in [0.4, 0.5) is 0 Å². The number of rotatable bonds is 4. The Bertz CT molecular complexity index is 570. The quantitative estimate of drug-likeness (QED) is 0.857. The molecule has 1 aromatic heterocycles. The molecule has 3 rings (SSSR count). The number of nitrogens with zero attached hydrogens (tertiary/aromatic N) is 3. The summed E-state index contributed by atoms with van der Waals surface area (Å²) < 4.78 is 2.32. The van der Waals surface area contributed by atoms with Gasteiger partial charge in [-0.25, -0.2) is 4.98 Å². The van der Waals surface area contributed by atoms with Crippen LogP contribution in [0.3, 0.4) is 0 Å². The molecule has 0 N–H and O–H groups in total. The Hall–Kier alpha value is -1.61. The zero-order chi connectivity index (χ0) is 14.7. The van der Waals surface area contributed by atoms with Crippen LogP contribution in [0.1, 0.15) is 25.3 Å². The summed E-state index contributed by atoms with van der Waals surface area (Å²) in [7, 11) is 2.23. The van der Waals surface area contributed by atoms with Gasteiger partial charge in [0.1, 0.15) is 5.82 Å². The Morgan fingerprint density at radius 2 is 2.05 bits per heavy atom. The van der Waals surface area contributed by atoms with Gasteiger partial charge < -0.3 is 9.47 Å². The molecule has 0 amide bonds. The van der Waals surface area contributed by atoms with E-state index in [0.717, 1.165) is 24.7 Å². The molecule has 1 atom stereocenters. The van der Waals surface area contributed by atoms with Crippen molar-refractivity contribution < 1.29 is 0 Å². The lowest BCUT2D eigenvalue weighted by atomic mass is 9.98. The van der Waals surface area contributed by atoms with Crippen molar-refractivity contribution in [3.63, 3.8) is 0 Å². The average molecular weight is 283 g/mol. The number of aromatic nitrogens is 2. The Morgan fingerprint density at radius 1 is 1.24 bits per heavy atom. The summed E-state index contributed by atoms with van der Waals surface area (Å²) in [4.78, 5) is 7.02. The van der Waals surface area contributed by atoms with Crippen molar-refractivity contribution in [2.45, 2.75) is 32.7 Å². The zero-order valence-corrected chi connectivity index (χ0v) is 13.1. The van der Waals surface area contributed by atoms with Crippen molar-refractivity contribution in [2.75, 3.05) is 20.1 Å². The molecule has 1 aliphatic rings. The van der Waals surface area contributed by atoms with Crippen LogP contribution in [0.5, 0.6) is 0 Å². The van der Waals surface area contributed by atoms with Crippen LogP contribution in [0.25, 0.3) is 11.4 Å². The van der Waals surface area contributed by atoms with E-state index >= 15 is 0 Å². The molecule has 3 nitrogen and oxygen atoms in total. The number of benzene rings is 1. The molecule has 2 heterocycles. The minimum atomic E-state index is 0.742. The van der Waals surface area contributed by atoms with Crippen molar-refractivity contribution >= 4 is 0 Å². The molecule has 2 aromatic rings. The van der Waals surface area contributed by atoms with Crippen molar-refractivity contribution in [3.8, 4) is 11.4 Å². The zero-order valence-electron chi connectivity index (χ0n) is 13.1. The van der Waals surface area contributed by atoms with E-state index in [4.69, 9.17) is 0 Å². The van der Waals surface area contributed by atoms with Gasteiger partial charge in [-0.2, -0.15) is 0 Å². The average Bonchev–Trinajstić information content (AvgIpc) is 2.95. The van der Waals surface area contributed by atoms with Crippen molar-refractivity contribution in [3.05, 3.63) is 42.2 Å². The molecule has 0 unspecified atom stereocenters. The summed E-state index contributed by atoms with van der Waals surface area (Å²) in [5.41, 5.74) is 2.60. The van der Waals surface area contributed by atoms with E-state index < -0.39 is 0 Å². The highest BCUT2D eigenvalue weighted by molar-refractivity contribution is 5.56. The van der Waals surface area contributed by atoms with Crippen molar-refractivity contribution in [1.29, 1.82) is 0 Å². The lowest BCUT2D eigenvalue weighted by molar-refractivity contribution is 0.195. The molecule has 1 saturated heterocycles. The molecule has 1 aromatic carbocycles. The van der Waals surface area contributed by atoms with Gasteiger partial charge in [-0.05, 0) is 44.3 Å². The summed E-state index contributed by atoms with van der Waals surface area (Å²) in [5, 5.41) is 0. The van der Waals surface area contributed by atoms with Gasteiger partial charge in [0.05, 0.1) is 0 Å². The maximum absolute atomic E-state index is 4.58. The van der Waals surface area contributed by atoms with Gasteiger partial charge in [-0.3, -0.25) is 0 Å². The lowest BCUT2D eigenvalue weighted by Gasteiger charge is -2.30. The molecule has 0 aliphatic carbocycles. The van der Waals surface area contributed by atoms with Gasteiger partial charge in [0.15, 0.2) is 0 Å². The third-order valence-corrected chi connectivity index (χ3v) is 4.51. The predicted octanol–water partition coefficient (Wildman–Crippen LogP) is 3.45. The third-order valence-electron chi connectivity index (χ3n) is 4.51. The van der Waals surface area contributed by atoms with E-state index in [-0.39, 0.29) is 0 Å². The first-order valence-electron chi connectivity index (χ1n) is 8.05. The topological polar surface area (TPSA) is 21.1 Å². The van der Waals surface area contributed by atoms with Gasteiger partial charge in [0, 0.05) is 31.0 Å². The van der Waals surface area contributed by atoms with Crippen LogP contribution in [0.15, 0.2) is 36.7 Å². The molecule has 3 heteroatoms. The van der Waals surface area contributed by atoms with Crippen LogP contribution in [-0.4, -0.2) is 34.6 Å². The van der Waals surface area contributed by atoms with E-state index in [1.807, 2.05) is 6.20 Å². The fourth-order valence-corrected chi connectivity index (χ4v) is 3.31. The number of imidazole rings is 1. The van der Waals surface area contributed by atoms with E-state index in [0.29, 0.717) is 0 Å². The highest BCUT2D eigenvalue weighted by atomic mass is 15.1. The molecule has 1 aliphatic heterocycles. The van der Waals surface area contributed by atoms with Crippen LogP contribution in [-0.2, 0) is 13.0 Å². The summed E-state index contributed by atoms with van der Waals surface area (Å²) in [6.45, 7) is 5.71. The SMILES string of the molecule is CCc1ccc(-c2nccn2C[C@@H]2CCCN(C)C2)cc1. The van der Waals surface area contributed by atoms with E-state index in [2.05, 4.69) is 58.9 Å². The normalized spacial score (nSPS) is 19.8. The first kappa shape index (κ1) is 14.3. The summed E-state index contributed by atoms with van der Waals surface area (Å²) in [5.74, 6) is 1.84. The first-order chi connectivity index (χ1) is 10.3. The minimum Gasteiger partial charge on any atom is -0.331 e. The number of piperidine rings is 1. The number of hydrogen-bond acceptors (Lipinski definition) is 2. The van der Waals surface area contributed by atoms with Gasteiger partial charge in [-0.15, -0.1) is 0 Å². The Morgan fingerprint density at radius 3 is 2.76 bits per heavy atom. The molecular formula is C18H25N3. The third kappa shape index (κ3) is 3.35. The van der Waals surface area contributed by atoms with E-state index in [1.165, 1.54) is 37.1 Å². The van der Waals surface area contributed by atoms with Gasteiger partial charge in [0.2, 0.25) is 0 Å². The monoisotopic (exact) mass is 283 g/mol.